The number of thiophene rings is 1. The van der Waals surface area contributed by atoms with Gasteiger partial charge in [0, 0.05) is 4.90 Å². The van der Waals surface area contributed by atoms with Crippen molar-refractivity contribution in [1.29, 1.82) is 0 Å². The Bertz CT molecular complexity index is 1270. The van der Waals surface area contributed by atoms with E-state index in [4.69, 9.17) is 0 Å². The smallest absolute Gasteiger partial charge is 0.254 e. The van der Waals surface area contributed by atoms with E-state index in [1.807, 2.05) is 30.3 Å². The number of benzene rings is 3. The van der Waals surface area contributed by atoms with Crippen molar-refractivity contribution in [3.8, 4) is 0 Å². The zero-order valence-corrected chi connectivity index (χ0v) is 20.1. The molecule has 0 fully saturated rings. The summed E-state index contributed by atoms with van der Waals surface area (Å²) in [4.78, 5) is 1.77. The third-order valence-electron chi connectivity index (χ3n) is 4.48. The van der Waals surface area contributed by atoms with E-state index in [-0.39, 0.29) is 0 Å². The zero-order valence-electron chi connectivity index (χ0n) is 16.8. The zero-order chi connectivity index (χ0) is 23.5. The number of hydrogen-bond donors (Lipinski definition) is 0. The molecular weight excluding hydrogens is 510 g/mol. The lowest BCUT2D eigenvalue weighted by Crippen LogP contribution is -2.30. The fraction of sp³-hybridized carbons (Fsp3) is 0.0435. The predicted molar refractivity (Wildman–Crippen MR) is 128 cm³/mol. The summed E-state index contributed by atoms with van der Waals surface area (Å²) in [5.74, 6) is 0. The molecule has 0 amide bonds. The first-order valence-electron chi connectivity index (χ1n) is 9.54. The van der Waals surface area contributed by atoms with E-state index in [2.05, 4.69) is 3.63 Å². The molecule has 1 heterocycles. The molecule has 0 saturated carbocycles. The van der Waals surface area contributed by atoms with E-state index in [9.17, 15) is 21.6 Å². The highest BCUT2D eigenvalue weighted by Crippen LogP contribution is 2.70. The molecule has 0 saturated heterocycles. The number of halogens is 3. The van der Waals surface area contributed by atoms with E-state index in [1.165, 1.54) is 23.1 Å². The topological polar surface area (TPSA) is 46.9 Å². The minimum atomic E-state index is -5.79. The van der Waals surface area contributed by atoms with Crippen LogP contribution in [0.1, 0.15) is 0 Å². The van der Waals surface area contributed by atoms with Gasteiger partial charge in [-0.05, 0) is 48.5 Å². The molecule has 172 valence electrons. The quantitative estimate of drug-likeness (QED) is 0.139. The Kier molecular flexibility index (Phi) is 6.92. The van der Waals surface area contributed by atoms with Crippen LogP contribution in [0.4, 0.5) is 13.2 Å². The summed E-state index contributed by atoms with van der Waals surface area (Å²) >= 11 is 2.71. The third kappa shape index (κ3) is 4.99. The molecule has 0 bridgehead atoms. The van der Waals surface area contributed by atoms with Gasteiger partial charge in [0.1, 0.15) is 4.21 Å². The first-order valence-corrected chi connectivity index (χ1v) is 14.2. The molecule has 3 aromatic carbocycles. The van der Waals surface area contributed by atoms with Crippen LogP contribution in [0.2, 0.25) is 0 Å². The lowest BCUT2D eigenvalue weighted by molar-refractivity contribution is -0.0540. The number of rotatable bonds is 7. The normalized spacial score (nSPS) is 13.1. The Morgan fingerprint density at radius 3 is 1.67 bits per heavy atom. The second-order valence-corrected chi connectivity index (χ2v) is 14.0. The lowest BCUT2D eigenvalue weighted by atomic mass is 10.4. The standard InChI is InChI=1S/C23H17F3O3S4/c24-23(25,26)33(27,28)29-32(19-12-6-2-7-13-19,20-14-8-3-9-15-20)22-17-16-21(31-22)30-18-10-4-1-5-11-18/h1-17H/p+1. The fourth-order valence-electron chi connectivity index (χ4n) is 3.04. The van der Waals surface area contributed by atoms with Crippen molar-refractivity contribution in [1.82, 2.24) is 0 Å². The molecule has 0 aliphatic rings. The van der Waals surface area contributed by atoms with Crippen molar-refractivity contribution in [2.24, 2.45) is 0 Å². The Labute approximate surface area is 199 Å². The Balaban J connectivity index is 1.92. The summed E-state index contributed by atoms with van der Waals surface area (Å²) in [6.45, 7) is 0. The predicted octanol–water partition coefficient (Wildman–Crippen LogP) is 8.04. The molecule has 10 heteroatoms. The Morgan fingerprint density at radius 2 is 1.18 bits per heavy atom. The highest BCUT2D eigenvalue weighted by molar-refractivity contribution is 8.33. The summed E-state index contributed by atoms with van der Waals surface area (Å²) in [6, 6.07) is 29.6. The van der Waals surface area contributed by atoms with Gasteiger partial charge in [0.15, 0.2) is 0 Å². The minimum absolute atomic E-state index is 0.405. The molecule has 33 heavy (non-hydrogen) atoms. The molecule has 0 spiro atoms. The van der Waals surface area contributed by atoms with Gasteiger partial charge in [0.25, 0.3) is 0 Å². The maximum Gasteiger partial charge on any atom is 0.572 e. The average molecular weight is 528 g/mol. The summed E-state index contributed by atoms with van der Waals surface area (Å²) in [5, 5.41) is 0. The SMILES string of the molecule is O=S(=O)([OH+]S(c1ccccc1)(c1ccccc1)c1ccc(Sc2ccccc2)s1)C(F)(F)F. The van der Waals surface area contributed by atoms with E-state index in [0.29, 0.717) is 14.0 Å². The summed E-state index contributed by atoms with van der Waals surface area (Å²) in [5.41, 5.74) is -5.51. The first kappa shape index (κ1) is 23.9. The maximum atomic E-state index is 13.5. The monoisotopic (exact) mass is 527 g/mol. The second-order valence-electron chi connectivity index (χ2n) is 6.69. The van der Waals surface area contributed by atoms with Crippen molar-refractivity contribution >= 4 is 43.5 Å². The number of hydrogen-bond acceptors (Lipinski definition) is 4. The highest BCUT2D eigenvalue weighted by atomic mass is 32.3. The fourth-order valence-corrected chi connectivity index (χ4v) is 11.3. The molecular formula is C23H18F3O3S4+. The molecule has 3 nitrogen and oxygen atoms in total. The van der Waals surface area contributed by atoms with Crippen LogP contribution in [0.3, 0.4) is 0 Å². The van der Waals surface area contributed by atoms with Gasteiger partial charge < -0.3 is 0 Å². The molecule has 0 atom stereocenters. The van der Waals surface area contributed by atoms with E-state index in [1.54, 1.807) is 72.8 Å². The van der Waals surface area contributed by atoms with Gasteiger partial charge >= 0.3 is 15.6 Å². The van der Waals surface area contributed by atoms with Crippen LogP contribution in [0.5, 0.6) is 0 Å². The first-order chi connectivity index (χ1) is 15.7. The van der Waals surface area contributed by atoms with Crippen LogP contribution < -0.4 is 0 Å². The van der Waals surface area contributed by atoms with Gasteiger partial charge in [0.2, 0.25) is 0 Å². The van der Waals surface area contributed by atoms with Gasteiger partial charge in [-0.15, -0.1) is 19.8 Å². The van der Waals surface area contributed by atoms with Gasteiger partial charge in [-0.1, -0.05) is 66.4 Å². The third-order valence-corrected chi connectivity index (χ3v) is 12.4. The van der Waals surface area contributed by atoms with Crippen LogP contribution >= 0.6 is 33.4 Å². The number of alkyl halides is 3. The Morgan fingerprint density at radius 1 is 0.697 bits per heavy atom. The lowest BCUT2D eigenvalue weighted by Gasteiger charge is -2.33. The van der Waals surface area contributed by atoms with Gasteiger partial charge in [-0.25, -0.2) is 0 Å². The molecule has 0 radical (unpaired) electrons. The summed E-state index contributed by atoms with van der Waals surface area (Å²) in [6.07, 6.45) is 0. The van der Waals surface area contributed by atoms with E-state index in [0.717, 1.165) is 9.10 Å². The van der Waals surface area contributed by atoms with E-state index >= 15 is 0 Å². The van der Waals surface area contributed by atoms with Gasteiger partial charge in [0.05, 0.1) is 24.3 Å². The van der Waals surface area contributed by atoms with Gasteiger partial charge in [-0.2, -0.15) is 13.2 Å². The largest absolute Gasteiger partial charge is 0.572 e. The highest BCUT2D eigenvalue weighted by Gasteiger charge is 2.58. The second kappa shape index (κ2) is 9.55. The summed E-state index contributed by atoms with van der Waals surface area (Å²) in [7, 11) is -8.91. The van der Waals surface area contributed by atoms with Crippen molar-refractivity contribution in [3.63, 3.8) is 0 Å². The summed E-state index contributed by atoms with van der Waals surface area (Å²) < 4.78 is 70.4. The van der Waals surface area contributed by atoms with Crippen molar-refractivity contribution in [3.05, 3.63) is 103 Å². The van der Waals surface area contributed by atoms with Crippen LogP contribution in [-0.2, 0) is 10.1 Å². The molecule has 4 rings (SSSR count). The average Bonchev–Trinajstić information content (AvgIpc) is 3.27. The minimum Gasteiger partial charge on any atom is -0.254 e. The maximum absolute atomic E-state index is 13.5. The molecule has 0 unspecified atom stereocenters. The molecule has 1 aromatic heterocycles. The van der Waals surface area contributed by atoms with E-state index < -0.39 is 25.9 Å². The molecule has 4 aromatic rings. The van der Waals surface area contributed by atoms with Crippen molar-refractivity contribution in [2.45, 2.75) is 28.6 Å². The van der Waals surface area contributed by atoms with Crippen molar-refractivity contribution in [2.75, 3.05) is 0 Å². The Hall–Kier alpha value is -2.24. The van der Waals surface area contributed by atoms with Crippen LogP contribution in [-0.4, -0.2) is 17.6 Å². The van der Waals surface area contributed by atoms with Gasteiger partial charge in [-0.3, -0.25) is 3.63 Å². The van der Waals surface area contributed by atoms with Crippen LogP contribution in [0, 0.1) is 0 Å². The van der Waals surface area contributed by atoms with Crippen LogP contribution in [0.15, 0.2) is 126 Å². The molecule has 1 N–H and O–H groups in total. The van der Waals surface area contributed by atoms with Crippen LogP contribution in [0.25, 0.3) is 0 Å². The molecule has 0 aliphatic heterocycles. The molecule has 0 aliphatic carbocycles. The van der Waals surface area contributed by atoms with Crippen molar-refractivity contribution < 1.29 is 25.2 Å².